The minimum atomic E-state index is 0.478. The van der Waals surface area contributed by atoms with E-state index in [1.807, 2.05) is 12.3 Å². The first-order valence-corrected chi connectivity index (χ1v) is 6.03. The van der Waals surface area contributed by atoms with Gasteiger partial charge in [-0.15, -0.1) is 0 Å². The van der Waals surface area contributed by atoms with E-state index < -0.39 is 0 Å². The van der Waals surface area contributed by atoms with E-state index in [0.29, 0.717) is 5.92 Å². The van der Waals surface area contributed by atoms with Crippen molar-refractivity contribution in [3.63, 3.8) is 0 Å². The smallest absolute Gasteiger partial charge is 0.0449 e. The normalized spacial score (nSPS) is 20.1. The number of hydrogen-bond donors (Lipinski definition) is 1. The summed E-state index contributed by atoms with van der Waals surface area (Å²) in [6, 6.07) is 6.15. The Morgan fingerprint density at radius 2 is 2.07 bits per heavy atom. The molecule has 0 saturated heterocycles. The molecule has 0 aliphatic heterocycles. The second-order valence-electron chi connectivity index (χ2n) is 4.49. The molecule has 1 aliphatic carbocycles. The molecule has 0 unspecified atom stereocenters. The quantitative estimate of drug-likeness (QED) is 0.822. The first-order chi connectivity index (χ1) is 7.42. The molecule has 2 nitrogen and oxygen atoms in total. The van der Waals surface area contributed by atoms with Crippen LogP contribution in [-0.2, 0) is 0 Å². The molecule has 1 saturated carbocycles. The molecular weight excluding hydrogens is 184 g/mol. The lowest BCUT2D eigenvalue weighted by molar-refractivity contribution is 0.304. The summed E-state index contributed by atoms with van der Waals surface area (Å²) < 4.78 is 0. The fourth-order valence-electron chi connectivity index (χ4n) is 2.69. The maximum absolute atomic E-state index is 5.90. The van der Waals surface area contributed by atoms with Gasteiger partial charge in [0.25, 0.3) is 0 Å². The number of rotatable bonds is 3. The van der Waals surface area contributed by atoms with Crippen molar-refractivity contribution in [1.29, 1.82) is 0 Å². The maximum Gasteiger partial charge on any atom is 0.0449 e. The molecule has 1 aromatic rings. The number of nitrogens with two attached hydrogens (primary N) is 1. The Balaban J connectivity index is 2.09. The van der Waals surface area contributed by atoms with Crippen LogP contribution in [0.25, 0.3) is 0 Å². The average Bonchev–Trinajstić information content (AvgIpc) is 2.33. The molecular formula is C13H20N2. The van der Waals surface area contributed by atoms with E-state index in [4.69, 9.17) is 5.73 Å². The molecule has 2 heteroatoms. The summed E-state index contributed by atoms with van der Waals surface area (Å²) in [5.74, 6) is 1.24. The largest absolute Gasteiger partial charge is 0.330 e. The Labute approximate surface area is 91.9 Å². The third kappa shape index (κ3) is 2.57. The molecule has 2 rings (SSSR count). The van der Waals surface area contributed by atoms with Gasteiger partial charge in [-0.2, -0.15) is 0 Å². The van der Waals surface area contributed by atoms with Gasteiger partial charge in [0.1, 0.15) is 0 Å². The second kappa shape index (κ2) is 5.26. The van der Waals surface area contributed by atoms with Gasteiger partial charge in [0, 0.05) is 24.4 Å². The fourth-order valence-corrected chi connectivity index (χ4v) is 2.69. The van der Waals surface area contributed by atoms with Gasteiger partial charge in [-0.05, 0) is 30.9 Å². The van der Waals surface area contributed by atoms with Gasteiger partial charge in [0.15, 0.2) is 0 Å². The van der Waals surface area contributed by atoms with E-state index >= 15 is 0 Å². The SMILES string of the molecule is NC[C@@H](c1ccccn1)C1CCCCC1. The van der Waals surface area contributed by atoms with Gasteiger partial charge < -0.3 is 5.73 Å². The molecule has 0 amide bonds. The van der Waals surface area contributed by atoms with Crippen LogP contribution in [0.2, 0.25) is 0 Å². The molecule has 1 fully saturated rings. The summed E-state index contributed by atoms with van der Waals surface area (Å²) in [6.07, 6.45) is 8.68. The monoisotopic (exact) mass is 204 g/mol. The third-order valence-corrected chi connectivity index (χ3v) is 3.54. The van der Waals surface area contributed by atoms with Crippen LogP contribution in [0.3, 0.4) is 0 Å². The number of aromatic nitrogens is 1. The van der Waals surface area contributed by atoms with Gasteiger partial charge in [0.2, 0.25) is 0 Å². The Kier molecular flexibility index (Phi) is 3.73. The van der Waals surface area contributed by atoms with Gasteiger partial charge in [-0.25, -0.2) is 0 Å². The fraction of sp³-hybridized carbons (Fsp3) is 0.615. The van der Waals surface area contributed by atoms with Crippen molar-refractivity contribution < 1.29 is 0 Å². The summed E-state index contributed by atoms with van der Waals surface area (Å²) >= 11 is 0. The standard InChI is InChI=1S/C13H20N2/c14-10-12(11-6-2-1-3-7-11)13-8-4-5-9-15-13/h4-5,8-9,11-12H,1-3,6-7,10,14H2/t12-/m1/s1. The van der Waals surface area contributed by atoms with Crippen molar-refractivity contribution in [3.05, 3.63) is 30.1 Å². The van der Waals surface area contributed by atoms with Gasteiger partial charge in [0.05, 0.1) is 0 Å². The summed E-state index contributed by atoms with van der Waals surface area (Å²) in [5, 5.41) is 0. The zero-order valence-electron chi connectivity index (χ0n) is 9.23. The molecule has 1 heterocycles. The van der Waals surface area contributed by atoms with Gasteiger partial charge in [-0.3, -0.25) is 4.98 Å². The van der Waals surface area contributed by atoms with Crippen LogP contribution in [0.1, 0.15) is 43.7 Å². The highest BCUT2D eigenvalue weighted by Gasteiger charge is 2.24. The number of hydrogen-bond acceptors (Lipinski definition) is 2. The minimum absolute atomic E-state index is 0.478. The first kappa shape index (κ1) is 10.6. The maximum atomic E-state index is 5.90. The molecule has 15 heavy (non-hydrogen) atoms. The minimum Gasteiger partial charge on any atom is -0.330 e. The highest BCUT2D eigenvalue weighted by molar-refractivity contribution is 5.11. The lowest BCUT2D eigenvalue weighted by Gasteiger charge is -2.28. The van der Waals surface area contributed by atoms with Crippen molar-refractivity contribution in [3.8, 4) is 0 Å². The lowest BCUT2D eigenvalue weighted by atomic mass is 9.78. The van der Waals surface area contributed by atoms with Crippen LogP contribution in [0.15, 0.2) is 24.4 Å². The Hall–Kier alpha value is -0.890. The zero-order chi connectivity index (χ0) is 10.5. The summed E-state index contributed by atoms with van der Waals surface area (Å²) in [5.41, 5.74) is 7.08. The van der Waals surface area contributed by atoms with E-state index in [1.54, 1.807) is 0 Å². The van der Waals surface area contributed by atoms with Crippen LogP contribution in [0.5, 0.6) is 0 Å². The topological polar surface area (TPSA) is 38.9 Å². The van der Waals surface area contributed by atoms with E-state index in [2.05, 4.69) is 17.1 Å². The Bertz CT molecular complexity index is 278. The number of nitrogens with zero attached hydrogens (tertiary/aromatic N) is 1. The molecule has 0 aromatic carbocycles. The first-order valence-electron chi connectivity index (χ1n) is 6.03. The highest BCUT2D eigenvalue weighted by atomic mass is 14.7. The van der Waals surface area contributed by atoms with Crippen molar-refractivity contribution in [2.75, 3.05) is 6.54 Å². The molecule has 1 aliphatic rings. The number of pyridine rings is 1. The van der Waals surface area contributed by atoms with Crippen LogP contribution in [0, 0.1) is 5.92 Å². The predicted octanol–water partition coefficient (Wildman–Crippen LogP) is 2.70. The second-order valence-corrected chi connectivity index (χ2v) is 4.49. The van der Waals surface area contributed by atoms with Crippen LogP contribution in [0.4, 0.5) is 0 Å². The Morgan fingerprint density at radius 3 is 2.67 bits per heavy atom. The molecule has 0 spiro atoms. The van der Waals surface area contributed by atoms with E-state index in [0.717, 1.165) is 12.5 Å². The molecule has 1 atom stereocenters. The molecule has 1 aromatic heterocycles. The van der Waals surface area contributed by atoms with E-state index in [1.165, 1.54) is 37.8 Å². The lowest BCUT2D eigenvalue weighted by Crippen LogP contribution is -2.24. The third-order valence-electron chi connectivity index (χ3n) is 3.54. The summed E-state index contributed by atoms with van der Waals surface area (Å²) in [7, 11) is 0. The van der Waals surface area contributed by atoms with Crippen molar-refractivity contribution >= 4 is 0 Å². The molecule has 0 bridgehead atoms. The van der Waals surface area contributed by atoms with Crippen molar-refractivity contribution in [2.45, 2.75) is 38.0 Å². The van der Waals surface area contributed by atoms with Gasteiger partial charge >= 0.3 is 0 Å². The summed E-state index contributed by atoms with van der Waals surface area (Å²) in [4.78, 5) is 4.45. The highest BCUT2D eigenvalue weighted by Crippen LogP contribution is 2.34. The van der Waals surface area contributed by atoms with Crippen LogP contribution in [-0.4, -0.2) is 11.5 Å². The predicted molar refractivity (Wildman–Crippen MR) is 62.6 cm³/mol. The average molecular weight is 204 g/mol. The van der Waals surface area contributed by atoms with Crippen LogP contribution >= 0.6 is 0 Å². The molecule has 82 valence electrons. The van der Waals surface area contributed by atoms with Crippen molar-refractivity contribution in [2.24, 2.45) is 11.7 Å². The zero-order valence-corrected chi connectivity index (χ0v) is 9.23. The van der Waals surface area contributed by atoms with Crippen molar-refractivity contribution in [1.82, 2.24) is 4.98 Å². The van der Waals surface area contributed by atoms with Crippen LogP contribution < -0.4 is 5.73 Å². The van der Waals surface area contributed by atoms with E-state index in [-0.39, 0.29) is 0 Å². The molecule has 0 radical (unpaired) electrons. The van der Waals surface area contributed by atoms with Gasteiger partial charge in [-0.1, -0.05) is 25.3 Å². The van der Waals surface area contributed by atoms with E-state index in [9.17, 15) is 0 Å². The Morgan fingerprint density at radius 1 is 1.27 bits per heavy atom. The molecule has 2 N–H and O–H groups in total. The summed E-state index contributed by atoms with van der Waals surface area (Å²) in [6.45, 7) is 0.738.